The smallest absolute Gasteiger partial charge is 0.241 e. The Morgan fingerprint density at radius 2 is 1.71 bits per heavy atom. The van der Waals surface area contributed by atoms with Gasteiger partial charge in [-0.25, -0.2) is 26.7 Å². The van der Waals surface area contributed by atoms with Gasteiger partial charge in [-0.1, -0.05) is 0 Å². The highest BCUT2D eigenvalue weighted by atomic mass is 32.2. The zero-order valence-electron chi connectivity index (χ0n) is 12.4. The van der Waals surface area contributed by atoms with E-state index in [0.717, 1.165) is 5.56 Å². The van der Waals surface area contributed by atoms with E-state index in [2.05, 4.69) is 4.72 Å². The van der Waals surface area contributed by atoms with Crippen molar-refractivity contribution in [3.8, 4) is 5.75 Å². The van der Waals surface area contributed by atoms with E-state index in [1.165, 1.54) is 7.11 Å². The highest BCUT2D eigenvalue weighted by Gasteiger charge is 2.22. The van der Waals surface area contributed by atoms with E-state index >= 15 is 0 Å². The van der Waals surface area contributed by atoms with Crippen LogP contribution >= 0.6 is 0 Å². The van der Waals surface area contributed by atoms with Gasteiger partial charge >= 0.3 is 0 Å². The summed E-state index contributed by atoms with van der Waals surface area (Å²) in [6.45, 7) is 4.82. The normalized spacial score (nSPS) is 12.4. The first kappa shape index (κ1) is 17.9. The molecule has 0 bridgehead atoms. The first-order valence-electron chi connectivity index (χ1n) is 6.14. The number of aryl methyl sites for hydroxylation is 1. The number of hydrogen-bond acceptors (Lipinski definition) is 5. The van der Waals surface area contributed by atoms with Crippen LogP contribution in [-0.2, 0) is 20.0 Å². The second-order valence-electron chi connectivity index (χ2n) is 4.74. The van der Waals surface area contributed by atoms with Crippen LogP contribution in [-0.4, -0.2) is 36.2 Å². The lowest BCUT2D eigenvalue weighted by atomic mass is 10.1. The topological polar surface area (TPSA) is 116 Å². The molecule has 1 aromatic carbocycles. The first-order chi connectivity index (χ1) is 9.49. The maximum atomic E-state index is 12.3. The Balaban J connectivity index is 3.18. The summed E-state index contributed by atoms with van der Waals surface area (Å²) in [6, 6.07) is 1.64. The Morgan fingerprint density at radius 3 is 2.19 bits per heavy atom. The fourth-order valence-corrected chi connectivity index (χ4v) is 4.11. The molecule has 0 aliphatic carbocycles. The van der Waals surface area contributed by atoms with Gasteiger partial charge in [-0.05, 0) is 43.5 Å². The van der Waals surface area contributed by atoms with Gasteiger partial charge < -0.3 is 4.74 Å². The van der Waals surface area contributed by atoms with Crippen LogP contribution in [0.2, 0.25) is 0 Å². The largest absolute Gasteiger partial charge is 0.496 e. The molecule has 0 fully saturated rings. The summed E-state index contributed by atoms with van der Waals surface area (Å²) in [5, 5.41) is 4.85. The van der Waals surface area contributed by atoms with E-state index < -0.39 is 25.8 Å². The van der Waals surface area contributed by atoms with Crippen LogP contribution in [0.3, 0.4) is 0 Å². The number of methoxy groups -OCH3 is 1. The predicted molar refractivity (Wildman–Crippen MR) is 80.4 cm³/mol. The van der Waals surface area contributed by atoms with Gasteiger partial charge in [0.05, 0.1) is 17.8 Å². The third-order valence-electron chi connectivity index (χ3n) is 3.15. The molecule has 3 N–H and O–H groups in total. The molecule has 0 aromatic heterocycles. The maximum absolute atomic E-state index is 12.3. The number of primary sulfonamides is 1. The van der Waals surface area contributed by atoms with Crippen molar-refractivity contribution < 1.29 is 21.6 Å². The van der Waals surface area contributed by atoms with Crippen molar-refractivity contribution in [1.82, 2.24) is 4.72 Å². The molecule has 1 aromatic rings. The quantitative estimate of drug-likeness (QED) is 0.769. The van der Waals surface area contributed by atoms with E-state index in [4.69, 9.17) is 9.88 Å². The lowest BCUT2D eigenvalue weighted by Gasteiger charge is -2.16. The van der Waals surface area contributed by atoms with Crippen molar-refractivity contribution in [2.45, 2.75) is 25.7 Å². The predicted octanol–water partition coefficient (Wildman–Crippen LogP) is 0.187. The lowest BCUT2D eigenvalue weighted by molar-refractivity contribution is 0.410. The summed E-state index contributed by atoms with van der Waals surface area (Å²) in [6.07, 6.45) is 0. The third-order valence-corrected chi connectivity index (χ3v) is 5.67. The van der Waals surface area contributed by atoms with Crippen LogP contribution in [0, 0.1) is 20.8 Å². The molecule has 0 saturated heterocycles. The highest BCUT2D eigenvalue weighted by Crippen LogP contribution is 2.30. The fourth-order valence-electron chi connectivity index (χ4n) is 2.04. The molecule has 120 valence electrons. The summed E-state index contributed by atoms with van der Waals surface area (Å²) < 4.78 is 53.8. The third kappa shape index (κ3) is 4.40. The van der Waals surface area contributed by atoms with Gasteiger partial charge in [0.15, 0.2) is 0 Å². The van der Waals surface area contributed by atoms with Crippen LogP contribution in [0.5, 0.6) is 5.75 Å². The lowest BCUT2D eigenvalue weighted by Crippen LogP contribution is -2.32. The second-order valence-corrected chi connectivity index (χ2v) is 8.18. The first-order valence-corrected chi connectivity index (χ1v) is 9.34. The molecule has 0 aliphatic rings. The van der Waals surface area contributed by atoms with Crippen LogP contribution in [0.25, 0.3) is 0 Å². The molecule has 0 amide bonds. The second kappa shape index (κ2) is 6.30. The SMILES string of the molecule is COc1cc(C)c(S(=O)(=O)NCCS(N)(=O)=O)c(C)c1C. The average molecular weight is 336 g/mol. The summed E-state index contributed by atoms with van der Waals surface area (Å²) in [5.41, 5.74) is 1.81. The molecule has 0 aliphatic heterocycles. The summed E-state index contributed by atoms with van der Waals surface area (Å²) in [5.74, 6) is 0.146. The Labute approximate surface area is 125 Å². The molecule has 9 heteroatoms. The Bertz CT molecular complexity index is 739. The number of sulfonamides is 2. The molecule has 21 heavy (non-hydrogen) atoms. The minimum atomic E-state index is -3.82. The van der Waals surface area contributed by atoms with Crippen molar-refractivity contribution in [2.75, 3.05) is 19.4 Å². The minimum Gasteiger partial charge on any atom is -0.496 e. The van der Waals surface area contributed by atoms with Crippen molar-refractivity contribution >= 4 is 20.0 Å². The van der Waals surface area contributed by atoms with Crippen LogP contribution < -0.4 is 14.6 Å². The molecule has 0 atom stereocenters. The zero-order valence-corrected chi connectivity index (χ0v) is 14.1. The van der Waals surface area contributed by atoms with Gasteiger partial charge in [0.25, 0.3) is 0 Å². The van der Waals surface area contributed by atoms with Crippen molar-refractivity contribution in [1.29, 1.82) is 0 Å². The van der Waals surface area contributed by atoms with Crippen LogP contribution in [0.15, 0.2) is 11.0 Å². The van der Waals surface area contributed by atoms with E-state index in [9.17, 15) is 16.8 Å². The number of ether oxygens (including phenoxy) is 1. The molecular formula is C12H20N2O5S2. The Morgan fingerprint density at radius 1 is 1.14 bits per heavy atom. The highest BCUT2D eigenvalue weighted by molar-refractivity contribution is 7.90. The minimum absolute atomic E-state index is 0.134. The molecule has 0 unspecified atom stereocenters. The van der Waals surface area contributed by atoms with Gasteiger partial charge in [0.1, 0.15) is 5.75 Å². The number of nitrogens with one attached hydrogen (secondary N) is 1. The number of hydrogen-bond donors (Lipinski definition) is 2. The van der Waals surface area contributed by atoms with Crippen molar-refractivity contribution in [2.24, 2.45) is 5.14 Å². The van der Waals surface area contributed by atoms with Crippen LogP contribution in [0.1, 0.15) is 16.7 Å². The summed E-state index contributed by atoms with van der Waals surface area (Å²) in [7, 11) is -6.02. The van der Waals surface area contributed by atoms with Crippen molar-refractivity contribution in [3.05, 3.63) is 22.8 Å². The summed E-state index contributed by atoms with van der Waals surface area (Å²) >= 11 is 0. The van der Waals surface area contributed by atoms with Gasteiger partial charge in [-0.2, -0.15) is 0 Å². The molecule has 0 heterocycles. The molecule has 0 spiro atoms. The zero-order chi connectivity index (χ0) is 16.4. The number of benzene rings is 1. The molecule has 7 nitrogen and oxygen atoms in total. The maximum Gasteiger partial charge on any atom is 0.241 e. The monoisotopic (exact) mass is 336 g/mol. The standard InChI is InChI=1S/C12H20N2O5S2/c1-8-7-11(19-4)9(2)10(3)12(8)21(17,18)14-5-6-20(13,15)16/h7,14H,5-6H2,1-4H3,(H2,13,15,16). The summed E-state index contributed by atoms with van der Waals surface area (Å²) in [4.78, 5) is 0.134. The number of rotatable bonds is 6. The van der Waals surface area contributed by atoms with Gasteiger partial charge in [0.2, 0.25) is 20.0 Å². The fraction of sp³-hybridized carbons (Fsp3) is 0.500. The van der Waals surface area contributed by atoms with Gasteiger partial charge in [-0.15, -0.1) is 0 Å². The van der Waals surface area contributed by atoms with E-state index in [0.29, 0.717) is 16.9 Å². The van der Waals surface area contributed by atoms with E-state index in [-0.39, 0.29) is 11.4 Å². The Kier molecular flexibility index (Phi) is 5.37. The number of nitrogens with two attached hydrogens (primary N) is 1. The Hall–Kier alpha value is -1.16. The van der Waals surface area contributed by atoms with Crippen LogP contribution in [0.4, 0.5) is 0 Å². The molecular weight excluding hydrogens is 316 g/mol. The molecule has 0 saturated carbocycles. The molecule has 1 rings (SSSR count). The van der Waals surface area contributed by atoms with Gasteiger partial charge in [-0.3, -0.25) is 0 Å². The average Bonchev–Trinajstić information content (AvgIpc) is 2.31. The molecule has 0 radical (unpaired) electrons. The van der Waals surface area contributed by atoms with E-state index in [1.807, 2.05) is 0 Å². The van der Waals surface area contributed by atoms with Crippen molar-refractivity contribution in [3.63, 3.8) is 0 Å². The van der Waals surface area contributed by atoms with E-state index in [1.54, 1.807) is 26.8 Å². The van der Waals surface area contributed by atoms with Gasteiger partial charge in [0, 0.05) is 6.54 Å².